The summed E-state index contributed by atoms with van der Waals surface area (Å²) in [5.41, 5.74) is 5.53. The van der Waals surface area contributed by atoms with Gasteiger partial charge >= 0.3 is 0 Å². The second kappa shape index (κ2) is 6.05. The van der Waals surface area contributed by atoms with Crippen molar-refractivity contribution in [2.45, 2.75) is 39.2 Å². The third-order valence-corrected chi connectivity index (χ3v) is 3.74. The topological polar surface area (TPSA) is 38.0 Å². The number of thiophene rings is 1. The van der Waals surface area contributed by atoms with Crippen LogP contribution in [0.2, 0.25) is 0 Å². The fourth-order valence-corrected chi connectivity index (χ4v) is 2.66. The van der Waals surface area contributed by atoms with E-state index in [1.54, 1.807) is 11.3 Å². The van der Waals surface area contributed by atoms with Crippen LogP contribution in [0.1, 0.15) is 43.2 Å². The summed E-state index contributed by atoms with van der Waals surface area (Å²) in [6, 6.07) is 2.41. The highest BCUT2D eigenvalue weighted by Gasteiger charge is 2.15. The molecular formula is C12H20N2S. The molecule has 1 aromatic rings. The summed E-state index contributed by atoms with van der Waals surface area (Å²) in [6.45, 7) is 8.34. The minimum absolute atomic E-state index is 0.229. The molecule has 1 unspecified atom stereocenters. The molecule has 1 rings (SSSR count). The predicted octanol–water partition coefficient (Wildman–Crippen LogP) is 3.17. The Morgan fingerprint density at radius 3 is 2.87 bits per heavy atom. The highest BCUT2D eigenvalue weighted by Crippen LogP contribution is 2.29. The number of nitrogens with one attached hydrogen (secondary N) is 1. The molecule has 0 aliphatic heterocycles. The SMILES string of the molecule is C=C(CC)CC(NN)c1sccc1CC. The normalized spacial score (nSPS) is 12.7. The van der Waals surface area contributed by atoms with Gasteiger partial charge in [0.15, 0.2) is 0 Å². The molecule has 0 fully saturated rings. The van der Waals surface area contributed by atoms with Crippen molar-refractivity contribution in [1.29, 1.82) is 0 Å². The van der Waals surface area contributed by atoms with E-state index in [1.165, 1.54) is 16.0 Å². The van der Waals surface area contributed by atoms with Gasteiger partial charge in [0.2, 0.25) is 0 Å². The van der Waals surface area contributed by atoms with Crippen molar-refractivity contribution in [3.8, 4) is 0 Å². The van der Waals surface area contributed by atoms with E-state index in [4.69, 9.17) is 5.84 Å². The van der Waals surface area contributed by atoms with E-state index in [2.05, 4.69) is 37.3 Å². The first-order chi connectivity index (χ1) is 7.22. The summed E-state index contributed by atoms with van der Waals surface area (Å²) >= 11 is 1.78. The molecule has 1 heterocycles. The van der Waals surface area contributed by atoms with E-state index < -0.39 is 0 Å². The maximum atomic E-state index is 5.61. The second-order valence-electron chi connectivity index (χ2n) is 3.69. The Morgan fingerprint density at radius 2 is 2.33 bits per heavy atom. The van der Waals surface area contributed by atoms with Crippen LogP contribution in [0.25, 0.3) is 0 Å². The monoisotopic (exact) mass is 224 g/mol. The van der Waals surface area contributed by atoms with E-state index in [0.29, 0.717) is 0 Å². The molecule has 15 heavy (non-hydrogen) atoms. The molecule has 0 radical (unpaired) electrons. The number of aryl methyl sites for hydroxylation is 1. The fraction of sp³-hybridized carbons (Fsp3) is 0.500. The summed E-state index contributed by atoms with van der Waals surface area (Å²) in [6.07, 6.45) is 3.02. The van der Waals surface area contributed by atoms with Gasteiger partial charge in [-0.3, -0.25) is 11.3 Å². The van der Waals surface area contributed by atoms with Crippen LogP contribution in [-0.4, -0.2) is 0 Å². The molecule has 0 aliphatic carbocycles. The van der Waals surface area contributed by atoms with Gasteiger partial charge in [-0.15, -0.1) is 11.3 Å². The van der Waals surface area contributed by atoms with Gasteiger partial charge in [0.1, 0.15) is 0 Å². The van der Waals surface area contributed by atoms with Crippen LogP contribution < -0.4 is 11.3 Å². The zero-order chi connectivity index (χ0) is 11.3. The number of hydrazine groups is 1. The summed E-state index contributed by atoms with van der Waals surface area (Å²) < 4.78 is 0. The summed E-state index contributed by atoms with van der Waals surface area (Å²) in [5, 5.41) is 2.13. The predicted molar refractivity (Wildman–Crippen MR) is 67.8 cm³/mol. The number of rotatable bonds is 6. The van der Waals surface area contributed by atoms with E-state index >= 15 is 0 Å². The lowest BCUT2D eigenvalue weighted by atomic mass is 10.0. The Kier molecular flexibility index (Phi) is 5.02. The molecule has 0 saturated carbocycles. The minimum Gasteiger partial charge on any atom is -0.271 e. The summed E-state index contributed by atoms with van der Waals surface area (Å²) in [7, 11) is 0. The molecule has 0 amide bonds. The van der Waals surface area contributed by atoms with Crippen LogP contribution in [0.3, 0.4) is 0 Å². The first kappa shape index (κ1) is 12.4. The van der Waals surface area contributed by atoms with Crippen molar-refractivity contribution >= 4 is 11.3 Å². The zero-order valence-electron chi connectivity index (χ0n) is 9.55. The Bertz CT molecular complexity index is 317. The zero-order valence-corrected chi connectivity index (χ0v) is 10.4. The lowest BCUT2D eigenvalue weighted by Crippen LogP contribution is -2.28. The quantitative estimate of drug-likeness (QED) is 0.442. The summed E-state index contributed by atoms with van der Waals surface area (Å²) in [4.78, 5) is 1.36. The molecule has 1 aromatic heterocycles. The van der Waals surface area contributed by atoms with Gasteiger partial charge in [-0.1, -0.05) is 26.0 Å². The standard InChI is InChI=1S/C12H20N2S/c1-4-9(3)8-11(14-13)12-10(5-2)6-7-15-12/h6-7,11,14H,3-5,8,13H2,1-2H3. The Labute approximate surface area is 96.2 Å². The first-order valence-electron chi connectivity index (χ1n) is 5.41. The number of hydrogen-bond acceptors (Lipinski definition) is 3. The van der Waals surface area contributed by atoms with Crippen molar-refractivity contribution in [3.05, 3.63) is 34.0 Å². The second-order valence-corrected chi connectivity index (χ2v) is 4.64. The molecule has 2 nitrogen and oxygen atoms in total. The molecule has 1 atom stereocenters. The van der Waals surface area contributed by atoms with Gasteiger partial charge in [0, 0.05) is 4.88 Å². The average Bonchev–Trinajstić information content (AvgIpc) is 2.73. The number of hydrogen-bond donors (Lipinski definition) is 2. The van der Waals surface area contributed by atoms with Crippen LogP contribution >= 0.6 is 11.3 Å². The maximum absolute atomic E-state index is 5.61. The largest absolute Gasteiger partial charge is 0.271 e. The third kappa shape index (κ3) is 3.16. The van der Waals surface area contributed by atoms with Crippen LogP contribution in [0.15, 0.2) is 23.6 Å². The van der Waals surface area contributed by atoms with Crippen molar-refractivity contribution in [1.82, 2.24) is 5.43 Å². The van der Waals surface area contributed by atoms with Crippen molar-refractivity contribution < 1.29 is 0 Å². The van der Waals surface area contributed by atoms with Crippen molar-refractivity contribution in [2.24, 2.45) is 5.84 Å². The number of nitrogens with two attached hydrogens (primary N) is 1. The average molecular weight is 224 g/mol. The first-order valence-corrected chi connectivity index (χ1v) is 6.29. The molecule has 3 N–H and O–H groups in total. The third-order valence-electron chi connectivity index (χ3n) is 2.67. The highest BCUT2D eigenvalue weighted by atomic mass is 32.1. The van der Waals surface area contributed by atoms with Crippen molar-refractivity contribution in [3.63, 3.8) is 0 Å². The van der Waals surface area contributed by atoms with Gasteiger partial charge in [0.05, 0.1) is 6.04 Å². The molecule has 0 saturated heterocycles. The lowest BCUT2D eigenvalue weighted by molar-refractivity contribution is 0.550. The van der Waals surface area contributed by atoms with Gasteiger partial charge in [0.25, 0.3) is 0 Å². The molecule has 0 bridgehead atoms. The lowest BCUT2D eigenvalue weighted by Gasteiger charge is -2.17. The van der Waals surface area contributed by atoms with Crippen LogP contribution in [-0.2, 0) is 6.42 Å². The van der Waals surface area contributed by atoms with Gasteiger partial charge < -0.3 is 0 Å². The van der Waals surface area contributed by atoms with E-state index in [0.717, 1.165) is 19.3 Å². The Morgan fingerprint density at radius 1 is 1.60 bits per heavy atom. The van der Waals surface area contributed by atoms with Crippen LogP contribution in [0.5, 0.6) is 0 Å². The van der Waals surface area contributed by atoms with Gasteiger partial charge in [-0.05, 0) is 36.3 Å². The molecule has 0 aliphatic rings. The fourth-order valence-electron chi connectivity index (χ4n) is 1.61. The van der Waals surface area contributed by atoms with Gasteiger partial charge in [-0.2, -0.15) is 0 Å². The Hall–Kier alpha value is -0.640. The molecule has 3 heteroatoms. The van der Waals surface area contributed by atoms with Crippen LogP contribution in [0, 0.1) is 0 Å². The van der Waals surface area contributed by atoms with Crippen molar-refractivity contribution in [2.75, 3.05) is 0 Å². The Balaban J connectivity index is 2.78. The molecule has 0 aromatic carbocycles. The summed E-state index contributed by atoms with van der Waals surface area (Å²) in [5.74, 6) is 5.61. The van der Waals surface area contributed by atoms with E-state index in [1.807, 2.05) is 0 Å². The van der Waals surface area contributed by atoms with Gasteiger partial charge in [-0.25, -0.2) is 0 Å². The molecule has 0 spiro atoms. The maximum Gasteiger partial charge on any atom is 0.0592 e. The smallest absolute Gasteiger partial charge is 0.0592 e. The highest BCUT2D eigenvalue weighted by molar-refractivity contribution is 7.10. The van der Waals surface area contributed by atoms with E-state index in [-0.39, 0.29) is 6.04 Å². The molecular weight excluding hydrogens is 204 g/mol. The van der Waals surface area contributed by atoms with Crippen LogP contribution in [0.4, 0.5) is 0 Å². The van der Waals surface area contributed by atoms with E-state index in [9.17, 15) is 0 Å². The molecule has 84 valence electrons. The minimum atomic E-state index is 0.229.